The van der Waals surface area contributed by atoms with Crippen molar-refractivity contribution in [2.45, 2.75) is 13.5 Å². The summed E-state index contributed by atoms with van der Waals surface area (Å²) in [6.45, 7) is 2.34. The van der Waals surface area contributed by atoms with Crippen LogP contribution < -0.4 is 14.2 Å². The number of nitrogens with zero attached hydrogens (tertiary/aromatic N) is 3. The lowest BCUT2D eigenvalue weighted by Crippen LogP contribution is -2.31. The van der Waals surface area contributed by atoms with Crippen molar-refractivity contribution < 1.29 is 23.4 Å². The molecule has 1 aromatic heterocycles. The van der Waals surface area contributed by atoms with Crippen molar-refractivity contribution in [3.63, 3.8) is 0 Å². The summed E-state index contributed by atoms with van der Waals surface area (Å²) in [6.07, 6.45) is 1.27. The highest BCUT2D eigenvalue weighted by Gasteiger charge is 2.14. The number of amides is 1. The molecule has 2 aromatic carbocycles. The molecule has 8 nitrogen and oxygen atoms in total. The lowest BCUT2D eigenvalue weighted by atomic mass is 10.1. The number of likely N-dealkylation sites (N-methyl/N-ethyl adjacent to an activating group) is 1. The SMILES string of the molecule is COc1cc(C)c(CN(C)C(=O)COc2ccc(-c3nnco3)cc2)cc1OC. The number of hydrogen-bond donors (Lipinski definition) is 0. The van der Waals surface area contributed by atoms with Gasteiger partial charge in [-0.15, -0.1) is 10.2 Å². The average molecular weight is 397 g/mol. The van der Waals surface area contributed by atoms with Gasteiger partial charge in [0.25, 0.3) is 5.91 Å². The highest BCUT2D eigenvalue weighted by atomic mass is 16.5. The molecule has 8 heteroatoms. The van der Waals surface area contributed by atoms with E-state index in [4.69, 9.17) is 18.6 Å². The van der Waals surface area contributed by atoms with Gasteiger partial charge in [0, 0.05) is 19.2 Å². The van der Waals surface area contributed by atoms with E-state index in [1.54, 1.807) is 50.4 Å². The maximum atomic E-state index is 12.5. The highest BCUT2D eigenvalue weighted by Crippen LogP contribution is 2.30. The molecule has 0 saturated carbocycles. The predicted octanol–water partition coefficient (Wildman–Crippen LogP) is 3.10. The van der Waals surface area contributed by atoms with Gasteiger partial charge < -0.3 is 23.5 Å². The van der Waals surface area contributed by atoms with E-state index in [2.05, 4.69) is 10.2 Å². The molecule has 0 aliphatic rings. The topological polar surface area (TPSA) is 86.9 Å². The van der Waals surface area contributed by atoms with Crippen LogP contribution in [0.5, 0.6) is 17.2 Å². The third kappa shape index (κ3) is 4.84. The zero-order valence-corrected chi connectivity index (χ0v) is 16.8. The van der Waals surface area contributed by atoms with Crippen molar-refractivity contribution in [1.82, 2.24) is 15.1 Å². The number of aromatic nitrogens is 2. The van der Waals surface area contributed by atoms with Gasteiger partial charge in [0.1, 0.15) is 5.75 Å². The third-order valence-corrected chi connectivity index (χ3v) is 4.50. The molecular weight excluding hydrogens is 374 g/mol. The molecule has 0 saturated heterocycles. The second-order valence-electron chi connectivity index (χ2n) is 6.44. The first-order valence-corrected chi connectivity index (χ1v) is 8.96. The van der Waals surface area contributed by atoms with Crippen LogP contribution in [0.4, 0.5) is 0 Å². The summed E-state index contributed by atoms with van der Waals surface area (Å²) >= 11 is 0. The number of aryl methyl sites for hydroxylation is 1. The van der Waals surface area contributed by atoms with Gasteiger partial charge in [0.15, 0.2) is 18.1 Å². The van der Waals surface area contributed by atoms with Crippen LogP contribution in [0.3, 0.4) is 0 Å². The zero-order chi connectivity index (χ0) is 20.8. The van der Waals surface area contributed by atoms with E-state index in [0.717, 1.165) is 16.7 Å². The van der Waals surface area contributed by atoms with E-state index < -0.39 is 0 Å². The molecule has 3 rings (SSSR count). The molecule has 3 aromatic rings. The Morgan fingerprint density at radius 2 is 1.79 bits per heavy atom. The Kier molecular flexibility index (Phi) is 6.33. The fourth-order valence-corrected chi connectivity index (χ4v) is 2.78. The molecule has 1 heterocycles. The van der Waals surface area contributed by atoms with E-state index in [1.807, 2.05) is 19.1 Å². The first kappa shape index (κ1) is 20.2. The largest absolute Gasteiger partial charge is 0.493 e. The highest BCUT2D eigenvalue weighted by molar-refractivity contribution is 5.77. The zero-order valence-electron chi connectivity index (χ0n) is 16.8. The van der Waals surface area contributed by atoms with Gasteiger partial charge in [-0.1, -0.05) is 0 Å². The van der Waals surface area contributed by atoms with Crippen LogP contribution in [0, 0.1) is 6.92 Å². The molecule has 0 N–H and O–H groups in total. The molecule has 0 bridgehead atoms. The monoisotopic (exact) mass is 397 g/mol. The van der Waals surface area contributed by atoms with Crippen LogP contribution in [0.15, 0.2) is 47.2 Å². The molecule has 0 atom stereocenters. The molecule has 1 amide bonds. The van der Waals surface area contributed by atoms with Crippen molar-refractivity contribution in [2.24, 2.45) is 0 Å². The van der Waals surface area contributed by atoms with Crippen molar-refractivity contribution in [2.75, 3.05) is 27.9 Å². The smallest absolute Gasteiger partial charge is 0.260 e. The number of benzene rings is 2. The fourth-order valence-electron chi connectivity index (χ4n) is 2.78. The van der Waals surface area contributed by atoms with Gasteiger partial charge in [-0.2, -0.15) is 0 Å². The lowest BCUT2D eigenvalue weighted by molar-refractivity contribution is -0.132. The van der Waals surface area contributed by atoms with E-state index in [-0.39, 0.29) is 12.5 Å². The maximum absolute atomic E-state index is 12.5. The number of rotatable bonds is 8. The van der Waals surface area contributed by atoms with E-state index >= 15 is 0 Å². The molecular formula is C21H23N3O5. The van der Waals surface area contributed by atoms with E-state index in [0.29, 0.717) is 29.7 Å². The molecule has 29 heavy (non-hydrogen) atoms. The number of hydrogen-bond acceptors (Lipinski definition) is 7. The van der Waals surface area contributed by atoms with Crippen LogP contribution in [0.1, 0.15) is 11.1 Å². The van der Waals surface area contributed by atoms with Crippen LogP contribution in [-0.2, 0) is 11.3 Å². The summed E-state index contributed by atoms with van der Waals surface area (Å²) in [5, 5.41) is 7.50. The minimum absolute atomic E-state index is 0.0667. The lowest BCUT2D eigenvalue weighted by Gasteiger charge is -2.20. The van der Waals surface area contributed by atoms with Gasteiger partial charge in [-0.3, -0.25) is 4.79 Å². The van der Waals surface area contributed by atoms with Crippen LogP contribution in [0.2, 0.25) is 0 Å². The quantitative estimate of drug-likeness (QED) is 0.577. The minimum Gasteiger partial charge on any atom is -0.493 e. The normalized spacial score (nSPS) is 10.5. The van der Waals surface area contributed by atoms with Crippen molar-refractivity contribution in [3.05, 3.63) is 53.9 Å². The minimum atomic E-state index is -0.139. The van der Waals surface area contributed by atoms with Crippen molar-refractivity contribution >= 4 is 5.91 Å². The van der Waals surface area contributed by atoms with Gasteiger partial charge >= 0.3 is 0 Å². The summed E-state index contributed by atoms with van der Waals surface area (Å²) < 4.78 is 21.4. The third-order valence-electron chi connectivity index (χ3n) is 4.50. The predicted molar refractivity (Wildman–Crippen MR) is 106 cm³/mol. The first-order chi connectivity index (χ1) is 14.0. The van der Waals surface area contributed by atoms with Crippen molar-refractivity contribution in [1.29, 1.82) is 0 Å². The molecule has 0 aliphatic heterocycles. The van der Waals surface area contributed by atoms with Crippen LogP contribution in [0.25, 0.3) is 11.5 Å². The molecule has 0 unspecified atom stereocenters. The molecule has 152 valence electrons. The molecule has 0 fully saturated rings. The number of carbonyl (C=O) groups excluding carboxylic acids is 1. The number of carbonyl (C=O) groups is 1. The van der Waals surface area contributed by atoms with Gasteiger partial charge in [0.05, 0.1) is 14.2 Å². The molecule has 0 aliphatic carbocycles. The summed E-state index contributed by atoms with van der Waals surface area (Å²) in [6, 6.07) is 10.9. The summed E-state index contributed by atoms with van der Waals surface area (Å²) in [4.78, 5) is 14.1. The second kappa shape index (κ2) is 9.09. The number of ether oxygens (including phenoxy) is 3. The Morgan fingerprint density at radius 3 is 2.41 bits per heavy atom. The van der Waals surface area contributed by atoms with E-state index in [9.17, 15) is 4.79 Å². The fraction of sp³-hybridized carbons (Fsp3) is 0.286. The maximum Gasteiger partial charge on any atom is 0.260 e. The molecule has 0 spiro atoms. The van der Waals surface area contributed by atoms with Crippen LogP contribution in [-0.4, -0.2) is 48.9 Å². The Labute approximate surface area is 169 Å². The van der Waals surface area contributed by atoms with Gasteiger partial charge in [0.2, 0.25) is 12.3 Å². The first-order valence-electron chi connectivity index (χ1n) is 8.96. The second-order valence-corrected chi connectivity index (χ2v) is 6.44. The van der Waals surface area contributed by atoms with Gasteiger partial charge in [-0.25, -0.2) is 0 Å². The average Bonchev–Trinajstić information content (AvgIpc) is 3.28. The summed E-state index contributed by atoms with van der Waals surface area (Å²) in [5.41, 5.74) is 2.77. The van der Waals surface area contributed by atoms with E-state index in [1.165, 1.54) is 6.39 Å². The van der Waals surface area contributed by atoms with Crippen LogP contribution >= 0.6 is 0 Å². The Bertz CT molecular complexity index is 955. The summed E-state index contributed by atoms with van der Waals surface area (Å²) in [5.74, 6) is 2.16. The Balaban J connectivity index is 1.58. The van der Waals surface area contributed by atoms with Gasteiger partial charge in [-0.05, 0) is 54.4 Å². The van der Waals surface area contributed by atoms with Crippen molar-refractivity contribution in [3.8, 4) is 28.7 Å². The Morgan fingerprint density at radius 1 is 1.10 bits per heavy atom. The summed E-state index contributed by atoms with van der Waals surface area (Å²) in [7, 11) is 4.92. The number of methoxy groups -OCH3 is 2. The molecule has 0 radical (unpaired) electrons. The Hall–Kier alpha value is -3.55. The standard InChI is InChI=1S/C21H23N3O5/c1-14-9-18(26-3)19(27-4)10-16(14)11-24(2)20(25)12-28-17-7-5-15(6-8-17)21-23-22-13-29-21/h5-10,13H,11-12H2,1-4H3.